The lowest BCUT2D eigenvalue weighted by Gasteiger charge is -2.24. The third kappa shape index (κ3) is 2.12. The largest absolute Gasteiger partial charge is 0.382 e. The molecule has 4 heteroatoms. The van der Waals surface area contributed by atoms with Crippen molar-refractivity contribution in [2.75, 3.05) is 0 Å². The molecule has 1 heterocycles. The monoisotopic (exact) mass is 163 g/mol. The van der Waals surface area contributed by atoms with Crippen LogP contribution in [0.15, 0.2) is 0 Å². The number of rotatable bonds is 0. The van der Waals surface area contributed by atoms with E-state index in [1.54, 1.807) is 0 Å². The second kappa shape index (κ2) is 2.86. The Labute approximate surface area is 64.0 Å². The van der Waals surface area contributed by atoms with E-state index in [1.165, 1.54) is 11.8 Å². The van der Waals surface area contributed by atoms with Crippen LogP contribution in [0.4, 0.5) is 0 Å². The highest BCUT2D eigenvalue weighted by atomic mass is 32.2. The van der Waals surface area contributed by atoms with Crippen molar-refractivity contribution < 1.29 is 5.11 Å². The van der Waals surface area contributed by atoms with E-state index >= 15 is 0 Å². The van der Waals surface area contributed by atoms with Crippen LogP contribution in [0.1, 0.15) is 13.3 Å². The number of hydrogen-bond donors (Lipinski definition) is 2. The van der Waals surface area contributed by atoms with Crippen LogP contribution < -0.4 is 5.32 Å². The fourth-order valence-corrected chi connectivity index (χ4v) is 2.20. The standard InChI is InChI=1S/C5H9NOS2/c1-3-2-4(7)9-5(8)6-3/h3-4,7H,2H2,1H3,(H,6,8)/t3-,4-/m0/s1. The summed E-state index contributed by atoms with van der Waals surface area (Å²) in [6.07, 6.45) is 0.783. The van der Waals surface area contributed by atoms with Crippen LogP contribution in [0, 0.1) is 0 Å². The van der Waals surface area contributed by atoms with Gasteiger partial charge in [0.15, 0.2) is 0 Å². The molecule has 1 fully saturated rings. The molecule has 1 saturated heterocycles. The summed E-state index contributed by atoms with van der Waals surface area (Å²) < 4.78 is 0.709. The van der Waals surface area contributed by atoms with E-state index in [0.717, 1.165) is 6.42 Å². The highest BCUT2D eigenvalue weighted by molar-refractivity contribution is 8.23. The van der Waals surface area contributed by atoms with Gasteiger partial charge in [-0.15, -0.1) is 0 Å². The molecular formula is C5H9NOS2. The minimum Gasteiger partial charge on any atom is -0.382 e. The molecule has 0 spiro atoms. The lowest BCUT2D eigenvalue weighted by atomic mass is 10.2. The van der Waals surface area contributed by atoms with Crippen LogP contribution in [0.25, 0.3) is 0 Å². The topological polar surface area (TPSA) is 32.3 Å². The maximum Gasteiger partial charge on any atom is 0.136 e. The van der Waals surface area contributed by atoms with Gasteiger partial charge in [0.1, 0.15) is 9.76 Å². The zero-order valence-corrected chi connectivity index (χ0v) is 6.76. The van der Waals surface area contributed by atoms with Crippen molar-refractivity contribution in [1.29, 1.82) is 0 Å². The van der Waals surface area contributed by atoms with Gasteiger partial charge in [0.2, 0.25) is 0 Å². The molecule has 0 amide bonds. The lowest BCUT2D eigenvalue weighted by Crippen LogP contribution is -2.37. The van der Waals surface area contributed by atoms with Crippen molar-refractivity contribution in [2.45, 2.75) is 24.8 Å². The second-order valence-electron chi connectivity index (χ2n) is 2.14. The molecule has 2 nitrogen and oxygen atoms in total. The molecule has 2 atom stereocenters. The minimum atomic E-state index is -0.297. The Kier molecular flexibility index (Phi) is 2.32. The van der Waals surface area contributed by atoms with Gasteiger partial charge >= 0.3 is 0 Å². The summed E-state index contributed by atoms with van der Waals surface area (Å²) in [5.74, 6) is 0. The Morgan fingerprint density at radius 2 is 2.56 bits per heavy atom. The SMILES string of the molecule is C[C@H]1C[C@@H](O)SC(=S)N1. The summed E-state index contributed by atoms with van der Waals surface area (Å²) in [7, 11) is 0. The molecule has 0 aromatic rings. The third-order valence-electron chi connectivity index (χ3n) is 1.16. The fraction of sp³-hybridized carbons (Fsp3) is 0.800. The van der Waals surface area contributed by atoms with Crippen molar-refractivity contribution in [3.8, 4) is 0 Å². The first-order valence-corrected chi connectivity index (χ1v) is 4.12. The number of thiocarbonyl (C=S) groups is 1. The first-order chi connectivity index (χ1) is 4.18. The summed E-state index contributed by atoms with van der Waals surface area (Å²) in [6.45, 7) is 2.01. The van der Waals surface area contributed by atoms with Gasteiger partial charge in [0, 0.05) is 12.5 Å². The number of hydrogen-bond acceptors (Lipinski definition) is 3. The number of aliphatic hydroxyl groups excluding tert-OH is 1. The smallest absolute Gasteiger partial charge is 0.136 e. The summed E-state index contributed by atoms with van der Waals surface area (Å²) in [5, 5.41) is 12.1. The molecule has 0 aliphatic carbocycles. The van der Waals surface area contributed by atoms with E-state index in [1.807, 2.05) is 6.92 Å². The van der Waals surface area contributed by atoms with E-state index < -0.39 is 0 Å². The Morgan fingerprint density at radius 3 is 3.00 bits per heavy atom. The molecule has 0 unspecified atom stereocenters. The highest BCUT2D eigenvalue weighted by Gasteiger charge is 2.19. The van der Waals surface area contributed by atoms with E-state index in [0.29, 0.717) is 10.4 Å². The predicted molar refractivity (Wildman–Crippen MR) is 43.4 cm³/mol. The maximum atomic E-state index is 9.09. The van der Waals surface area contributed by atoms with Crippen LogP contribution in [-0.2, 0) is 0 Å². The third-order valence-corrected chi connectivity index (χ3v) is 2.37. The summed E-state index contributed by atoms with van der Waals surface area (Å²) in [4.78, 5) is 0. The Bertz CT molecular complexity index is 116. The molecule has 52 valence electrons. The van der Waals surface area contributed by atoms with E-state index in [-0.39, 0.29) is 5.44 Å². The summed E-state index contributed by atoms with van der Waals surface area (Å²) in [5.41, 5.74) is -0.297. The van der Waals surface area contributed by atoms with Crippen molar-refractivity contribution in [3.63, 3.8) is 0 Å². The fourth-order valence-electron chi connectivity index (χ4n) is 0.768. The quantitative estimate of drug-likeness (QED) is 0.515. The Morgan fingerprint density at radius 1 is 1.89 bits per heavy atom. The van der Waals surface area contributed by atoms with E-state index in [2.05, 4.69) is 5.32 Å². The number of thioether (sulfide) groups is 1. The molecule has 0 aromatic heterocycles. The zero-order valence-electron chi connectivity index (χ0n) is 5.13. The maximum absolute atomic E-state index is 9.09. The molecule has 1 aliphatic rings. The second-order valence-corrected chi connectivity index (χ2v) is 4.00. The van der Waals surface area contributed by atoms with Crippen LogP contribution in [0.2, 0.25) is 0 Å². The van der Waals surface area contributed by atoms with Gasteiger partial charge in [-0.3, -0.25) is 0 Å². The van der Waals surface area contributed by atoms with Crippen LogP contribution in [-0.4, -0.2) is 20.9 Å². The molecular weight excluding hydrogens is 154 g/mol. The average molecular weight is 163 g/mol. The molecule has 0 radical (unpaired) electrons. The first-order valence-electron chi connectivity index (χ1n) is 2.83. The normalized spacial score (nSPS) is 36.0. The van der Waals surface area contributed by atoms with Gasteiger partial charge in [-0.05, 0) is 6.92 Å². The summed E-state index contributed by atoms with van der Waals surface area (Å²) >= 11 is 6.17. The molecule has 9 heavy (non-hydrogen) atoms. The molecule has 0 saturated carbocycles. The molecule has 1 aliphatic heterocycles. The van der Waals surface area contributed by atoms with Crippen LogP contribution >= 0.6 is 24.0 Å². The van der Waals surface area contributed by atoms with Gasteiger partial charge in [0.05, 0.1) is 0 Å². The van der Waals surface area contributed by atoms with Gasteiger partial charge in [-0.1, -0.05) is 24.0 Å². The van der Waals surface area contributed by atoms with Crippen molar-refractivity contribution in [1.82, 2.24) is 5.32 Å². The number of nitrogens with one attached hydrogen (secondary N) is 1. The van der Waals surface area contributed by atoms with E-state index in [4.69, 9.17) is 17.3 Å². The Balaban J connectivity index is 2.43. The van der Waals surface area contributed by atoms with Gasteiger partial charge in [-0.25, -0.2) is 0 Å². The van der Waals surface area contributed by atoms with Crippen molar-refractivity contribution >= 4 is 28.3 Å². The molecule has 1 rings (SSSR count). The average Bonchev–Trinajstić information content (AvgIpc) is 1.59. The van der Waals surface area contributed by atoms with Crippen LogP contribution in [0.3, 0.4) is 0 Å². The summed E-state index contributed by atoms with van der Waals surface area (Å²) in [6, 6.07) is 0.328. The van der Waals surface area contributed by atoms with Gasteiger partial charge < -0.3 is 10.4 Å². The minimum absolute atomic E-state index is 0.297. The van der Waals surface area contributed by atoms with Crippen LogP contribution in [0.5, 0.6) is 0 Å². The zero-order chi connectivity index (χ0) is 6.85. The lowest BCUT2D eigenvalue weighted by molar-refractivity contribution is 0.239. The van der Waals surface area contributed by atoms with Gasteiger partial charge in [-0.2, -0.15) is 0 Å². The van der Waals surface area contributed by atoms with Crippen molar-refractivity contribution in [2.24, 2.45) is 0 Å². The van der Waals surface area contributed by atoms with Gasteiger partial charge in [0.25, 0.3) is 0 Å². The molecule has 2 N–H and O–H groups in total. The Hall–Kier alpha value is 0.200. The highest BCUT2D eigenvalue weighted by Crippen LogP contribution is 2.19. The number of aliphatic hydroxyl groups is 1. The molecule has 0 bridgehead atoms. The molecule has 0 aromatic carbocycles. The van der Waals surface area contributed by atoms with E-state index in [9.17, 15) is 0 Å². The van der Waals surface area contributed by atoms with Crippen molar-refractivity contribution in [3.05, 3.63) is 0 Å². The predicted octanol–water partition coefficient (Wildman–Crippen LogP) is 0.705. The first kappa shape index (κ1) is 7.31.